The summed E-state index contributed by atoms with van der Waals surface area (Å²) in [6.07, 6.45) is 3.54. The minimum Gasteiger partial charge on any atom is -0.389 e. The van der Waals surface area contributed by atoms with Gasteiger partial charge in [0.05, 0.1) is 10.6 Å². The summed E-state index contributed by atoms with van der Waals surface area (Å²) >= 11 is 4.90. The third-order valence-corrected chi connectivity index (χ3v) is 5.99. The van der Waals surface area contributed by atoms with Gasteiger partial charge in [0.25, 0.3) is 0 Å². The summed E-state index contributed by atoms with van der Waals surface area (Å²) in [5, 5.41) is 0. The second-order valence-electron chi connectivity index (χ2n) is 5.59. The van der Waals surface area contributed by atoms with E-state index >= 15 is 0 Å². The molecule has 0 aromatic heterocycles. The second kappa shape index (κ2) is 6.85. The van der Waals surface area contributed by atoms with Gasteiger partial charge in [-0.1, -0.05) is 30.8 Å². The Morgan fingerprint density at radius 1 is 1.43 bits per heavy atom. The molecule has 2 rings (SSSR count). The van der Waals surface area contributed by atoms with Crippen LogP contribution in [0.1, 0.15) is 31.7 Å². The van der Waals surface area contributed by atoms with Gasteiger partial charge >= 0.3 is 0 Å². The van der Waals surface area contributed by atoms with Crippen LogP contribution in [0.25, 0.3) is 0 Å². The molecular weight excluding hydrogens is 304 g/mol. The fourth-order valence-corrected chi connectivity index (χ4v) is 4.12. The summed E-state index contributed by atoms with van der Waals surface area (Å²) in [5.74, 6) is 0.137. The molecule has 0 amide bonds. The van der Waals surface area contributed by atoms with E-state index in [9.17, 15) is 8.42 Å². The molecule has 1 saturated heterocycles. The van der Waals surface area contributed by atoms with Crippen molar-refractivity contribution in [3.63, 3.8) is 0 Å². The Kier molecular flexibility index (Phi) is 5.35. The molecular formula is C15H22N2O2S2. The van der Waals surface area contributed by atoms with E-state index in [4.69, 9.17) is 18.0 Å². The van der Waals surface area contributed by atoms with Gasteiger partial charge in [0.2, 0.25) is 0 Å². The maximum atomic E-state index is 12.4. The zero-order chi connectivity index (χ0) is 15.5. The number of nitrogens with two attached hydrogens (primary N) is 1. The molecule has 0 aliphatic carbocycles. The van der Waals surface area contributed by atoms with Crippen LogP contribution in [0.3, 0.4) is 0 Å². The lowest BCUT2D eigenvalue weighted by molar-refractivity contribution is 0.170. The largest absolute Gasteiger partial charge is 0.389 e. The minimum absolute atomic E-state index is 0.137. The smallest absolute Gasteiger partial charge is 0.179 e. The van der Waals surface area contributed by atoms with Crippen LogP contribution in [-0.2, 0) is 9.84 Å². The van der Waals surface area contributed by atoms with Crippen LogP contribution in [0.4, 0.5) is 0 Å². The first-order valence-electron chi connectivity index (χ1n) is 7.27. The van der Waals surface area contributed by atoms with Crippen LogP contribution in [-0.4, -0.2) is 43.2 Å². The highest BCUT2D eigenvalue weighted by atomic mass is 32.2. The molecule has 6 heteroatoms. The molecule has 0 spiro atoms. The van der Waals surface area contributed by atoms with Crippen LogP contribution >= 0.6 is 12.2 Å². The Hall–Kier alpha value is -0.980. The van der Waals surface area contributed by atoms with E-state index in [1.807, 2.05) is 0 Å². The molecule has 1 heterocycles. The number of rotatable bonds is 5. The molecule has 2 N–H and O–H groups in total. The highest BCUT2D eigenvalue weighted by Crippen LogP contribution is 2.18. The van der Waals surface area contributed by atoms with Gasteiger partial charge in [-0.3, -0.25) is 4.90 Å². The Bertz CT molecular complexity index is 614. The van der Waals surface area contributed by atoms with Gasteiger partial charge in [-0.05, 0) is 38.4 Å². The Labute approximate surface area is 132 Å². The molecule has 1 atom stereocenters. The second-order valence-corrected chi connectivity index (χ2v) is 8.14. The van der Waals surface area contributed by atoms with Crippen molar-refractivity contribution in [3.8, 4) is 0 Å². The molecule has 0 bridgehead atoms. The zero-order valence-corrected chi connectivity index (χ0v) is 13.9. The monoisotopic (exact) mass is 326 g/mol. The number of hydrogen-bond acceptors (Lipinski definition) is 4. The molecule has 4 nitrogen and oxygen atoms in total. The predicted molar refractivity (Wildman–Crippen MR) is 89.3 cm³/mol. The maximum absolute atomic E-state index is 12.4. The number of hydrogen-bond donors (Lipinski definition) is 1. The van der Waals surface area contributed by atoms with Crippen LogP contribution in [0, 0.1) is 0 Å². The summed E-state index contributed by atoms with van der Waals surface area (Å²) in [6.45, 7) is 3.74. The average molecular weight is 326 g/mol. The normalized spacial score (nSPS) is 20.3. The summed E-state index contributed by atoms with van der Waals surface area (Å²) in [4.78, 5) is 2.78. The number of piperidine rings is 1. The van der Waals surface area contributed by atoms with E-state index in [1.54, 1.807) is 24.3 Å². The lowest BCUT2D eigenvalue weighted by Crippen LogP contribution is -2.40. The molecule has 21 heavy (non-hydrogen) atoms. The third-order valence-electron chi connectivity index (χ3n) is 4.07. The molecule has 116 valence electrons. The zero-order valence-electron chi connectivity index (χ0n) is 12.3. The quantitative estimate of drug-likeness (QED) is 0.838. The Balaban J connectivity index is 2.07. The summed E-state index contributed by atoms with van der Waals surface area (Å²) in [6, 6.07) is 7.06. The fraction of sp³-hybridized carbons (Fsp3) is 0.533. The molecule has 1 unspecified atom stereocenters. The van der Waals surface area contributed by atoms with Crippen molar-refractivity contribution in [2.24, 2.45) is 5.73 Å². The minimum atomic E-state index is -3.30. The molecule has 1 aliphatic heterocycles. The first-order valence-corrected chi connectivity index (χ1v) is 9.33. The molecule has 1 fully saturated rings. The highest BCUT2D eigenvalue weighted by molar-refractivity contribution is 7.91. The predicted octanol–water partition coefficient (Wildman–Crippen LogP) is 1.97. The van der Waals surface area contributed by atoms with Gasteiger partial charge in [-0.15, -0.1) is 0 Å². The van der Waals surface area contributed by atoms with E-state index < -0.39 is 9.84 Å². The van der Waals surface area contributed by atoms with E-state index in [1.165, 1.54) is 6.42 Å². The maximum Gasteiger partial charge on any atom is 0.179 e. The number of benzene rings is 1. The van der Waals surface area contributed by atoms with Gasteiger partial charge < -0.3 is 5.73 Å². The van der Waals surface area contributed by atoms with Crippen molar-refractivity contribution >= 4 is 27.0 Å². The van der Waals surface area contributed by atoms with Crippen molar-refractivity contribution in [2.45, 2.75) is 37.1 Å². The van der Waals surface area contributed by atoms with E-state index in [0.717, 1.165) is 19.4 Å². The van der Waals surface area contributed by atoms with Gasteiger partial charge in [-0.2, -0.15) is 0 Å². The third kappa shape index (κ3) is 4.25. The lowest BCUT2D eigenvalue weighted by atomic mass is 10.0. The van der Waals surface area contributed by atoms with Crippen LogP contribution in [0.15, 0.2) is 29.2 Å². The summed E-state index contributed by atoms with van der Waals surface area (Å²) in [5.41, 5.74) is 6.16. The van der Waals surface area contributed by atoms with Gasteiger partial charge in [0.15, 0.2) is 9.84 Å². The average Bonchev–Trinajstić information content (AvgIpc) is 2.46. The molecule has 1 aromatic rings. The van der Waals surface area contributed by atoms with Crippen molar-refractivity contribution in [2.75, 3.05) is 18.8 Å². The lowest BCUT2D eigenvalue weighted by Gasteiger charge is -2.33. The Morgan fingerprint density at radius 2 is 2.19 bits per heavy atom. The van der Waals surface area contributed by atoms with Crippen LogP contribution < -0.4 is 5.73 Å². The molecule has 1 aromatic carbocycles. The van der Waals surface area contributed by atoms with E-state index in [0.29, 0.717) is 23.0 Å². The first-order chi connectivity index (χ1) is 9.90. The summed E-state index contributed by atoms with van der Waals surface area (Å²) < 4.78 is 24.9. The number of likely N-dealkylation sites (tertiary alicyclic amines) is 1. The van der Waals surface area contributed by atoms with Crippen LogP contribution in [0.5, 0.6) is 0 Å². The van der Waals surface area contributed by atoms with E-state index in [-0.39, 0.29) is 10.7 Å². The Morgan fingerprint density at radius 3 is 2.86 bits per heavy atom. The van der Waals surface area contributed by atoms with Gasteiger partial charge in [-0.25, -0.2) is 8.42 Å². The molecule has 1 aliphatic rings. The standard InChI is InChI=1S/C15H22N2O2S2/c1-12-5-2-3-8-17(12)9-10-21(18,19)14-7-4-6-13(11-14)15(16)20/h4,6-7,11-12H,2-3,5,8-10H2,1H3,(H2,16,20). The van der Waals surface area contributed by atoms with Crippen LogP contribution in [0.2, 0.25) is 0 Å². The van der Waals surface area contributed by atoms with Crippen molar-refractivity contribution in [3.05, 3.63) is 29.8 Å². The van der Waals surface area contributed by atoms with Gasteiger partial charge in [0, 0.05) is 18.2 Å². The van der Waals surface area contributed by atoms with Gasteiger partial charge in [0.1, 0.15) is 4.99 Å². The van der Waals surface area contributed by atoms with Crippen molar-refractivity contribution < 1.29 is 8.42 Å². The van der Waals surface area contributed by atoms with Crippen molar-refractivity contribution in [1.82, 2.24) is 4.90 Å². The fourth-order valence-electron chi connectivity index (χ4n) is 2.69. The molecule has 0 saturated carbocycles. The molecule has 0 radical (unpaired) electrons. The van der Waals surface area contributed by atoms with E-state index in [2.05, 4.69) is 11.8 Å². The summed E-state index contributed by atoms with van der Waals surface area (Å²) in [7, 11) is -3.30. The SMILES string of the molecule is CC1CCCCN1CCS(=O)(=O)c1cccc(C(N)=S)c1. The number of thiocarbonyl (C=S) groups is 1. The highest BCUT2D eigenvalue weighted by Gasteiger charge is 2.22. The number of sulfone groups is 1. The topological polar surface area (TPSA) is 63.4 Å². The number of nitrogens with zero attached hydrogens (tertiary/aromatic N) is 1. The van der Waals surface area contributed by atoms with Crippen molar-refractivity contribution in [1.29, 1.82) is 0 Å². The first kappa shape index (κ1) is 16.4.